The minimum Gasteiger partial charge on any atom is -0.478 e. The summed E-state index contributed by atoms with van der Waals surface area (Å²) in [5.74, 6) is -2.02. The van der Waals surface area contributed by atoms with E-state index in [4.69, 9.17) is 5.11 Å². The van der Waals surface area contributed by atoms with Crippen molar-refractivity contribution in [3.05, 3.63) is 23.6 Å². The molecular weight excluding hydrogens is 247 g/mol. The summed E-state index contributed by atoms with van der Waals surface area (Å²) in [5.41, 5.74) is -0.197. The van der Waals surface area contributed by atoms with Crippen molar-refractivity contribution < 1.29 is 14.3 Å². The van der Waals surface area contributed by atoms with Crippen LogP contribution in [0.15, 0.2) is 12.3 Å². The van der Waals surface area contributed by atoms with Crippen molar-refractivity contribution >= 4 is 11.8 Å². The maximum Gasteiger partial charge on any atom is 0.338 e. The van der Waals surface area contributed by atoms with Crippen LogP contribution in [0.4, 0.5) is 10.2 Å². The Labute approximate surface area is 112 Å². The zero-order valence-electron chi connectivity index (χ0n) is 11.1. The largest absolute Gasteiger partial charge is 0.478 e. The van der Waals surface area contributed by atoms with E-state index in [0.717, 1.165) is 12.8 Å². The fraction of sp³-hybridized carbons (Fsp3) is 0.571. The molecule has 1 aromatic heterocycles. The van der Waals surface area contributed by atoms with E-state index in [-0.39, 0.29) is 16.8 Å². The molecule has 1 aliphatic carbocycles. The lowest BCUT2D eigenvalue weighted by Gasteiger charge is -2.33. The van der Waals surface area contributed by atoms with Crippen LogP contribution in [0, 0.1) is 11.2 Å². The Bertz CT molecular complexity index is 471. The fourth-order valence-electron chi connectivity index (χ4n) is 2.61. The topological polar surface area (TPSA) is 62.2 Å². The first-order valence-corrected chi connectivity index (χ1v) is 6.63. The number of anilines is 1. The summed E-state index contributed by atoms with van der Waals surface area (Å²) in [7, 11) is 0. The van der Waals surface area contributed by atoms with Crippen molar-refractivity contribution in [1.82, 2.24) is 4.98 Å². The second-order valence-corrected chi connectivity index (χ2v) is 5.55. The first-order chi connectivity index (χ1) is 9.02. The second kappa shape index (κ2) is 5.55. The number of carboxylic acid groups (broad SMARTS) is 1. The van der Waals surface area contributed by atoms with Crippen molar-refractivity contribution in [2.75, 3.05) is 11.9 Å². The molecule has 0 spiro atoms. The van der Waals surface area contributed by atoms with E-state index in [2.05, 4.69) is 17.2 Å². The molecule has 19 heavy (non-hydrogen) atoms. The highest BCUT2D eigenvalue weighted by Crippen LogP contribution is 2.35. The molecule has 2 rings (SSSR count). The van der Waals surface area contributed by atoms with Crippen LogP contribution in [0.5, 0.6) is 0 Å². The fourth-order valence-corrected chi connectivity index (χ4v) is 2.61. The summed E-state index contributed by atoms with van der Waals surface area (Å²) in [6, 6.07) is 1.17. The lowest BCUT2D eigenvalue weighted by atomic mass is 9.76. The third kappa shape index (κ3) is 3.22. The molecule has 1 fully saturated rings. The van der Waals surface area contributed by atoms with Gasteiger partial charge in [0.2, 0.25) is 0 Å². The molecule has 2 N–H and O–H groups in total. The van der Waals surface area contributed by atoms with Gasteiger partial charge in [0, 0.05) is 12.7 Å². The number of halogens is 1. The summed E-state index contributed by atoms with van der Waals surface area (Å²) in [5, 5.41) is 11.8. The Hall–Kier alpha value is -1.65. The average molecular weight is 266 g/mol. The van der Waals surface area contributed by atoms with E-state index in [0.29, 0.717) is 6.54 Å². The number of nitrogens with zero attached hydrogens (tertiary/aromatic N) is 1. The van der Waals surface area contributed by atoms with Gasteiger partial charge in [0.25, 0.3) is 0 Å². The molecule has 0 aliphatic heterocycles. The van der Waals surface area contributed by atoms with Crippen molar-refractivity contribution in [1.29, 1.82) is 0 Å². The van der Waals surface area contributed by atoms with Gasteiger partial charge in [0.05, 0.1) is 0 Å². The molecular formula is C14H19FN2O2. The van der Waals surface area contributed by atoms with Crippen LogP contribution >= 0.6 is 0 Å². The second-order valence-electron chi connectivity index (χ2n) is 5.55. The Balaban J connectivity index is 2.07. The molecule has 1 aliphatic rings. The smallest absolute Gasteiger partial charge is 0.338 e. The first kappa shape index (κ1) is 13.8. The van der Waals surface area contributed by atoms with Gasteiger partial charge in [-0.15, -0.1) is 0 Å². The number of carbonyl (C=O) groups is 1. The number of pyridine rings is 1. The maximum absolute atomic E-state index is 13.9. The minimum atomic E-state index is -1.27. The molecule has 0 saturated heterocycles. The maximum atomic E-state index is 13.9. The Morgan fingerprint density at radius 1 is 1.47 bits per heavy atom. The zero-order valence-corrected chi connectivity index (χ0v) is 11.1. The van der Waals surface area contributed by atoms with Gasteiger partial charge in [-0.3, -0.25) is 0 Å². The molecule has 104 valence electrons. The van der Waals surface area contributed by atoms with Crippen LogP contribution in [0.1, 0.15) is 49.4 Å². The minimum absolute atomic E-state index is 0.0340. The lowest BCUT2D eigenvalue weighted by molar-refractivity contribution is 0.0692. The van der Waals surface area contributed by atoms with Crippen LogP contribution in [0.2, 0.25) is 0 Å². The third-order valence-electron chi connectivity index (χ3n) is 3.86. The van der Waals surface area contributed by atoms with Crippen LogP contribution in [-0.2, 0) is 0 Å². The van der Waals surface area contributed by atoms with E-state index in [1.165, 1.54) is 31.5 Å². The Morgan fingerprint density at radius 2 is 2.16 bits per heavy atom. The molecule has 4 nitrogen and oxygen atoms in total. The molecule has 1 heterocycles. The van der Waals surface area contributed by atoms with Gasteiger partial charge in [-0.1, -0.05) is 26.2 Å². The van der Waals surface area contributed by atoms with Gasteiger partial charge in [-0.2, -0.15) is 0 Å². The molecule has 0 bridgehead atoms. The van der Waals surface area contributed by atoms with Gasteiger partial charge >= 0.3 is 5.97 Å². The molecule has 0 atom stereocenters. The van der Waals surface area contributed by atoms with Crippen LogP contribution < -0.4 is 5.32 Å². The highest BCUT2D eigenvalue weighted by Gasteiger charge is 2.27. The van der Waals surface area contributed by atoms with E-state index in [9.17, 15) is 9.18 Å². The highest BCUT2D eigenvalue weighted by atomic mass is 19.1. The van der Waals surface area contributed by atoms with Crippen LogP contribution in [0.25, 0.3) is 0 Å². The number of carboxylic acids is 1. The summed E-state index contributed by atoms with van der Waals surface area (Å²) in [4.78, 5) is 14.7. The number of hydrogen-bond acceptors (Lipinski definition) is 3. The molecule has 1 saturated carbocycles. The van der Waals surface area contributed by atoms with Gasteiger partial charge < -0.3 is 10.4 Å². The summed E-state index contributed by atoms with van der Waals surface area (Å²) in [6.07, 6.45) is 7.20. The first-order valence-electron chi connectivity index (χ1n) is 6.63. The molecule has 0 amide bonds. The summed E-state index contributed by atoms with van der Waals surface area (Å²) in [6.45, 7) is 2.80. The van der Waals surface area contributed by atoms with E-state index < -0.39 is 11.8 Å². The van der Waals surface area contributed by atoms with E-state index in [1.54, 1.807) is 0 Å². The SMILES string of the molecule is CC1(CNc2nccc(C(=O)O)c2F)CCCCC1. The molecule has 5 heteroatoms. The number of aromatic nitrogens is 1. The third-order valence-corrected chi connectivity index (χ3v) is 3.86. The summed E-state index contributed by atoms with van der Waals surface area (Å²) >= 11 is 0. The van der Waals surface area contributed by atoms with Crippen molar-refractivity contribution in [2.45, 2.75) is 39.0 Å². The van der Waals surface area contributed by atoms with E-state index >= 15 is 0 Å². The monoisotopic (exact) mass is 266 g/mol. The van der Waals surface area contributed by atoms with Gasteiger partial charge in [-0.05, 0) is 24.3 Å². The predicted molar refractivity (Wildman–Crippen MR) is 70.8 cm³/mol. The number of rotatable bonds is 4. The standard InChI is InChI=1S/C14H19FN2O2/c1-14(6-3-2-4-7-14)9-17-12-11(15)10(13(18)19)5-8-16-12/h5,8H,2-4,6-7,9H2,1H3,(H,16,17)(H,18,19). The van der Waals surface area contributed by atoms with Crippen LogP contribution in [-0.4, -0.2) is 22.6 Å². The molecule has 0 unspecified atom stereocenters. The Kier molecular flexibility index (Phi) is 4.02. The number of nitrogens with one attached hydrogen (secondary N) is 1. The van der Waals surface area contributed by atoms with Gasteiger partial charge in [0.15, 0.2) is 11.6 Å². The Morgan fingerprint density at radius 3 is 2.79 bits per heavy atom. The predicted octanol–water partition coefficient (Wildman–Crippen LogP) is 3.30. The molecule has 0 radical (unpaired) electrons. The zero-order chi connectivity index (χ0) is 13.9. The van der Waals surface area contributed by atoms with Crippen LogP contribution in [0.3, 0.4) is 0 Å². The average Bonchev–Trinajstić information content (AvgIpc) is 2.38. The quantitative estimate of drug-likeness (QED) is 0.877. The lowest BCUT2D eigenvalue weighted by Crippen LogP contribution is -2.29. The van der Waals surface area contributed by atoms with Crippen molar-refractivity contribution in [3.63, 3.8) is 0 Å². The summed E-state index contributed by atoms with van der Waals surface area (Å²) < 4.78 is 13.9. The van der Waals surface area contributed by atoms with Crippen molar-refractivity contribution in [2.24, 2.45) is 5.41 Å². The normalized spacial score (nSPS) is 18.0. The van der Waals surface area contributed by atoms with Crippen molar-refractivity contribution in [3.8, 4) is 0 Å². The highest BCUT2D eigenvalue weighted by molar-refractivity contribution is 5.88. The van der Waals surface area contributed by atoms with Gasteiger partial charge in [0.1, 0.15) is 5.56 Å². The molecule has 0 aromatic carbocycles. The van der Waals surface area contributed by atoms with E-state index in [1.807, 2.05) is 0 Å². The molecule has 1 aromatic rings. The number of hydrogen-bond donors (Lipinski definition) is 2. The van der Waals surface area contributed by atoms with Gasteiger partial charge in [-0.25, -0.2) is 14.2 Å². The number of aromatic carboxylic acids is 1.